The average Bonchev–Trinajstić information content (AvgIpc) is 3.01. The monoisotopic (exact) mass is 334 g/mol. The summed E-state index contributed by atoms with van der Waals surface area (Å²) in [6, 6.07) is 0. The van der Waals surface area contributed by atoms with Gasteiger partial charge in [-0.15, -0.1) is 0 Å². The van der Waals surface area contributed by atoms with E-state index in [0.717, 1.165) is 55.8 Å². The second-order valence-electron chi connectivity index (χ2n) is 6.24. The molecule has 0 radical (unpaired) electrons. The van der Waals surface area contributed by atoms with Gasteiger partial charge in [0.05, 0.1) is 5.69 Å². The van der Waals surface area contributed by atoms with Crippen LogP contribution in [0, 0.1) is 13.8 Å². The fourth-order valence-electron chi connectivity index (χ4n) is 3.11. The van der Waals surface area contributed by atoms with Crippen LogP contribution in [0.2, 0.25) is 0 Å². The van der Waals surface area contributed by atoms with Crippen molar-refractivity contribution < 1.29 is 0 Å². The van der Waals surface area contributed by atoms with E-state index in [1.807, 2.05) is 11.7 Å². The number of hydrogen-bond acceptors (Lipinski definition) is 6. The van der Waals surface area contributed by atoms with Crippen molar-refractivity contribution in [1.29, 1.82) is 0 Å². The molecule has 0 spiro atoms. The SMILES string of the molecule is CCc1nsc(N2CCCN(Cc3c(C)nn(C)c3C)CC2)n1. The van der Waals surface area contributed by atoms with Gasteiger partial charge in [0.15, 0.2) is 0 Å². The molecule has 2 aromatic rings. The van der Waals surface area contributed by atoms with Crippen molar-refractivity contribution in [3.63, 3.8) is 0 Å². The molecule has 0 aromatic carbocycles. The van der Waals surface area contributed by atoms with Gasteiger partial charge in [-0.25, -0.2) is 4.98 Å². The molecule has 1 aliphatic heterocycles. The smallest absolute Gasteiger partial charge is 0.205 e. The lowest BCUT2D eigenvalue weighted by molar-refractivity contribution is 0.284. The van der Waals surface area contributed by atoms with E-state index in [9.17, 15) is 0 Å². The Balaban J connectivity index is 1.64. The summed E-state index contributed by atoms with van der Waals surface area (Å²) in [5.74, 6) is 0.965. The molecule has 126 valence electrons. The van der Waals surface area contributed by atoms with Gasteiger partial charge >= 0.3 is 0 Å². The van der Waals surface area contributed by atoms with Gasteiger partial charge in [0.1, 0.15) is 5.82 Å². The summed E-state index contributed by atoms with van der Waals surface area (Å²) in [6.45, 7) is 11.7. The minimum absolute atomic E-state index is 0.913. The van der Waals surface area contributed by atoms with Crippen LogP contribution in [-0.4, -0.2) is 50.2 Å². The van der Waals surface area contributed by atoms with Gasteiger partial charge in [0, 0.05) is 69.0 Å². The number of aryl methyl sites for hydroxylation is 3. The zero-order valence-corrected chi connectivity index (χ0v) is 15.4. The molecule has 0 bridgehead atoms. The number of hydrogen-bond donors (Lipinski definition) is 0. The Morgan fingerprint density at radius 3 is 2.61 bits per heavy atom. The Morgan fingerprint density at radius 2 is 1.96 bits per heavy atom. The lowest BCUT2D eigenvalue weighted by atomic mass is 10.2. The predicted molar refractivity (Wildman–Crippen MR) is 94.1 cm³/mol. The molecule has 1 fully saturated rings. The molecule has 0 unspecified atom stereocenters. The van der Waals surface area contributed by atoms with Crippen molar-refractivity contribution in [2.75, 3.05) is 31.1 Å². The molecule has 3 heterocycles. The third kappa shape index (κ3) is 3.55. The number of nitrogens with zero attached hydrogens (tertiary/aromatic N) is 6. The first-order chi connectivity index (χ1) is 11.1. The van der Waals surface area contributed by atoms with E-state index in [1.165, 1.54) is 29.2 Å². The molecule has 0 amide bonds. The highest BCUT2D eigenvalue weighted by molar-refractivity contribution is 7.09. The molecule has 0 atom stereocenters. The number of rotatable bonds is 4. The highest BCUT2D eigenvalue weighted by atomic mass is 32.1. The van der Waals surface area contributed by atoms with Crippen LogP contribution in [0.4, 0.5) is 5.13 Å². The van der Waals surface area contributed by atoms with E-state index in [4.69, 9.17) is 0 Å². The zero-order chi connectivity index (χ0) is 16.4. The largest absolute Gasteiger partial charge is 0.346 e. The maximum atomic E-state index is 4.64. The summed E-state index contributed by atoms with van der Waals surface area (Å²) in [6.07, 6.45) is 2.08. The molecule has 6 nitrogen and oxygen atoms in total. The molecule has 23 heavy (non-hydrogen) atoms. The van der Waals surface area contributed by atoms with Crippen LogP contribution in [0.1, 0.15) is 36.1 Å². The predicted octanol–water partition coefficient (Wildman–Crippen LogP) is 2.16. The summed E-state index contributed by atoms with van der Waals surface area (Å²) in [5.41, 5.74) is 3.81. The lowest BCUT2D eigenvalue weighted by Crippen LogP contribution is -2.30. The van der Waals surface area contributed by atoms with Gasteiger partial charge < -0.3 is 4.90 Å². The third-order valence-corrected chi connectivity index (χ3v) is 5.49. The molecule has 1 saturated heterocycles. The van der Waals surface area contributed by atoms with E-state index >= 15 is 0 Å². The van der Waals surface area contributed by atoms with Crippen LogP contribution in [-0.2, 0) is 20.0 Å². The van der Waals surface area contributed by atoms with Crippen LogP contribution >= 0.6 is 11.5 Å². The van der Waals surface area contributed by atoms with Gasteiger partial charge in [-0.05, 0) is 20.3 Å². The van der Waals surface area contributed by atoms with E-state index in [0.29, 0.717) is 0 Å². The van der Waals surface area contributed by atoms with Crippen LogP contribution < -0.4 is 4.90 Å². The van der Waals surface area contributed by atoms with Crippen molar-refractivity contribution in [1.82, 2.24) is 24.0 Å². The van der Waals surface area contributed by atoms with Crippen molar-refractivity contribution in [2.45, 2.75) is 40.2 Å². The van der Waals surface area contributed by atoms with Gasteiger partial charge in [-0.3, -0.25) is 9.58 Å². The molecular weight excluding hydrogens is 308 g/mol. The molecule has 0 aliphatic carbocycles. The lowest BCUT2D eigenvalue weighted by Gasteiger charge is -2.21. The van der Waals surface area contributed by atoms with E-state index < -0.39 is 0 Å². The molecule has 1 aliphatic rings. The highest BCUT2D eigenvalue weighted by Crippen LogP contribution is 2.21. The van der Waals surface area contributed by atoms with Crippen molar-refractivity contribution in [3.8, 4) is 0 Å². The van der Waals surface area contributed by atoms with E-state index in [1.54, 1.807) is 0 Å². The van der Waals surface area contributed by atoms with Gasteiger partial charge in [0.25, 0.3) is 0 Å². The Morgan fingerprint density at radius 1 is 1.13 bits per heavy atom. The molecule has 2 aromatic heterocycles. The highest BCUT2D eigenvalue weighted by Gasteiger charge is 2.20. The van der Waals surface area contributed by atoms with Crippen LogP contribution in [0.15, 0.2) is 0 Å². The van der Waals surface area contributed by atoms with Gasteiger partial charge in [-0.2, -0.15) is 9.47 Å². The number of anilines is 1. The first-order valence-corrected chi connectivity index (χ1v) is 9.14. The van der Waals surface area contributed by atoms with Gasteiger partial charge in [0.2, 0.25) is 5.13 Å². The van der Waals surface area contributed by atoms with Crippen LogP contribution in [0.25, 0.3) is 0 Å². The maximum Gasteiger partial charge on any atom is 0.205 e. The first-order valence-electron chi connectivity index (χ1n) is 8.37. The second-order valence-corrected chi connectivity index (χ2v) is 6.97. The molecule has 0 saturated carbocycles. The van der Waals surface area contributed by atoms with Crippen molar-refractivity contribution in [2.24, 2.45) is 7.05 Å². The second kappa shape index (κ2) is 6.97. The fourth-order valence-corrected chi connectivity index (χ4v) is 3.91. The first kappa shape index (κ1) is 16.4. The van der Waals surface area contributed by atoms with Crippen molar-refractivity contribution >= 4 is 16.7 Å². The van der Waals surface area contributed by atoms with Crippen LogP contribution in [0.5, 0.6) is 0 Å². The zero-order valence-electron chi connectivity index (χ0n) is 14.5. The summed E-state index contributed by atoms with van der Waals surface area (Å²) >= 11 is 1.54. The topological polar surface area (TPSA) is 50.1 Å². The maximum absolute atomic E-state index is 4.64. The molecule has 7 heteroatoms. The third-order valence-electron chi connectivity index (χ3n) is 4.67. The minimum atomic E-state index is 0.913. The summed E-state index contributed by atoms with van der Waals surface area (Å²) in [7, 11) is 2.02. The normalized spacial score (nSPS) is 16.8. The summed E-state index contributed by atoms with van der Waals surface area (Å²) in [4.78, 5) is 9.57. The number of aromatic nitrogens is 4. The summed E-state index contributed by atoms with van der Waals surface area (Å²) < 4.78 is 6.41. The minimum Gasteiger partial charge on any atom is -0.346 e. The fraction of sp³-hybridized carbons (Fsp3) is 0.688. The van der Waals surface area contributed by atoms with Crippen molar-refractivity contribution in [3.05, 3.63) is 22.8 Å². The van der Waals surface area contributed by atoms with E-state index in [2.05, 4.69) is 45.0 Å². The molecule has 3 rings (SSSR count). The van der Waals surface area contributed by atoms with Crippen LogP contribution in [0.3, 0.4) is 0 Å². The Kier molecular flexibility index (Phi) is 4.96. The van der Waals surface area contributed by atoms with Gasteiger partial charge in [-0.1, -0.05) is 6.92 Å². The van der Waals surface area contributed by atoms with E-state index in [-0.39, 0.29) is 0 Å². The molecule has 0 N–H and O–H groups in total. The Hall–Kier alpha value is -1.47. The standard InChI is InChI=1S/C16H26N6S/c1-5-15-17-16(23-19-15)22-8-6-7-21(9-10-22)11-14-12(2)18-20(4)13(14)3/h5-11H2,1-4H3. The summed E-state index contributed by atoms with van der Waals surface area (Å²) in [5, 5.41) is 5.62. The average molecular weight is 334 g/mol. The Bertz CT molecular complexity index is 662. The molecular formula is C16H26N6S. The Labute approximate surface area is 142 Å². The quantitative estimate of drug-likeness (QED) is 0.858.